The number of hydrogen-bond donors (Lipinski definition) is 1. The van der Waals surface area contributed by atoms with E-state index < -0.39 is 0 Å². The van der Waals surface area contributed by atoms with Crippen LogP contribution in [0.5, 0.6) is 11.5 Å². The largest absolute Gasteiger partial charge is 0.493 e. The number of methoxy groups -OCH3 is 2. The van der Waals surface area contributed by atoms with Gasteiger partial charge in [-0.15, -0.1) is 12.4 Å². The molecule has 3 atom stereocenters. The van der Waals surface area contributed by atoms with Crippen molar-refractivity contribution in [3.8, 4) is 11.5 Å². The predicted octanol–water partition coefficient (Wildman–Crippen LogP) is 2.57. The maximum absolute atomic E-state index is 12.3. The fourth-order valence-electron chi connectivity index (χ4n) is 3.28. The van der Waals surface area contributed by atoms with E-state index in [4.69, 9.17) is 14.2 Å². The average Bonchev–Trinajstić information content (AvgIpc) is 2.85. The highest BCUT2D eigenvalue weighted by Crippen LogP contribution is 2.31. The SMILES string of the molecule is COc1ccc(C(=O)OC2C[C@H]3CC[C@@H](C2)N3)cc1OC.Cl. The molecule has 3 rings (SSSR count). The van der Waals surface area contributed by atoms with Crippen LogP contribution in [0.4, 0.5) is 0 Å². The molecule has 122 valence electrons. The highest BCUT2D eigenvalue weighted by molar-refractivity contribution is 5.90. The van der Waals surface area contributed by atoms with Crippen LogP contribution in [0.2, 0.25) is 0 Å². The summed E-state index contributed by atoms with van der Waals surface area (Å²) < 4.78 is 16.0. The van der Waals surface area contributed by atoms with Crippen molar-refractivity contribution in [2.24, 2.45) is 0 Å². The van der Waals surface area contributed by atoms with Gasteiger partial charge in [0.05, 0.1) is 19.8 Å². The molecule has 2 saturated heterocycles. The number of piperidine rings is 1. The summed E-state index contributed by atoms with van der Waals surface area (Å²) in [5, 5.41) is 3.54. The molecule has 2 bridgehead atoms. The van der Waals surface area contributed by atoms with Crippen LogP contribution in [-0.2, 0) is 4.74 Å². The van der Waals surface area contributed by atoms with Gasteiger partial charge >= 0.3 is 5.97 Å². The second-order valence-electron chi connectivity index (χ2n) is 5.71. The van der Waals surface area contributed by atoms with Crippen molar-refractivity contribution in [1.29, 1.82) is 0 Å². The molecule has 0 spiro atoms. The van der Waals surface area contributed by atoms with Gasteiger partial charge in [0.1, 0.15) is 6.10 Å². The molecule has 2 fully saturated rings. The molecule has 0 amide bonds. The maximum Gasteiger partial charge on any atom is 0.338 e. The number of ether oxygens (including phenoxy) is 3. The average molecular weight is 328 g/mol. The molecule has 1 N–H and O–H groups in total. The lowest BCUT2D eigenvalue weighted by Gasteiger charge is -2.28. The molecule has 2 heterocycles. The molecule has 2 aliphatic heterocycles. The summed E-state index contributed by atoms with van der Waals surface area (Å²) in [7, 11) is 3.12. The van der Waals surface area contributed by atoms with Gasteiger partial charge in [-0.1, -0.05) is 0 Å². The number of esters is 1. The summed E-state index contributed by atoms with van der Waals surface area (Å²) in [4.78, 5) is 12.3. The number of fused-ring (bicyclic) bond motifs is 2. The van der Waals surface area contributed by atoms with Crippen LogP contribution in [-0.4, -0.2) is 38.4 Å². The third kappa shape index (κ3) is 3.47. The summed E-state index contributed by atoms with van der Waals surface area (Å²) in [6.45, 7) is 0. The van der Waals surface area contributed by atoms with E-state index in [9.17, 15) is 4.79 Å². The van der Waals surface area contributed by atoms with Gasteiger partial charge in [-0.3, -0.25) is 0 Å². The van der Waals surface area contributed by atoms with Crippen molar-refractivity contribution in [3.05, 3.63) is 23.8 Å². The lowest BCUT2D eigenvalue weighted by Crippen LogP contribution is -2.42. The van der Waals surface area contributed by atoms with Crippen LogP contribution in [0, 0.1) is 0 Å². The Hall–Kier alpha value is -1.46. The van der Waals surface area contributed by atoms with Gasteiger partial charge in [0.15, 0.2) is 11.5 Å². The minimum atomic E-state index is -0.290. The highest BCUT2D eigenvalue weighted by Gasteiger charge is 2.35. The molecule has 0 aromatic heterocycles. The Labute approximate surface area is 136 Å². The monoisotopic (exact) mass is 327 g/mol. The number of nitrogens with one attached hydrogen (secondary N) is 1. The normalized spacial score (nSPS) is 26.0. The maximum atomic E-state index is 12.3. The number of carbonyl (C=O) groups is 1. The molecular formula is C16H22ClNO4. The van der Waals surface area contributed by atoms with Gasteiger partial charge in [-0.2, -0.15) is 0 Å². The summed E-state index contributed by atoms with van der Waals surface area (Å²) in [5.74, 6) is 0.855. The Bertz CT molecular complexity index is 525. The fourth-order valence-corrected chi connectivity index (χ4v) is 3.28. The fraction of sp³-hybridized carbons (Fsp3) is 0.562. The molecule has 2 aliphatic rings. The Morgan fingerprint density at radius 1 is 1.09 bits per heavy atom. The molecule has 1 aromatic rings. The van der Waals surface area contributed by atoms with Crippen LogP contribution >= 0.6 is 12.4 Å². The minimum Gasteiger partial charge on any atom is -0.493 e. The quantitative estimate of drug-likeness (QED) is 0.861. The van der Waals surface area contributed by atoms with Crippen LogP contribution in [0.1, 0.15) is 36.0 Å². The number of hydrogen-bond acceptors (Lipinski definition) is 5. The number of rotatable bonds is 4. The van der Waals surface area contributed by atoms with Crippen molar-refractivity contribution in [3.63, 3.8) is 0 Å². The zero-order valence-electron chi connectivity index (χ0n) is 12.8. The molecule has 6 heteroatoms. The number of halogens is 1. The first-order valence-corrected chi connectivity index (χ1v) is 7.38. The first-order chi connectivity index (χ1) is 10.2. The van der Waals surface area contributed by atoms with E-state index in [0.29, 0.717) is 29.1 Å². The summed E-state index contributed by atoms with van der Waals surface area (Å²) in [5.41, 5.74) is 0.499. The van der Waals surface area contributed by atoms with E-state index in [1.165, 1.54) is 12.8 Å². The van der Waals surface area contributed by atoms with Crippen LogP contribution in [0.25, 0.3) is 0 Å². The zero-order chi connectivity index (χ0) is 14.8. The second-order valence-corrected chi connectivity index (χ2v) is 5.71. The Morgan fingerprint density at radius 2 is 1.73 bits per heavy atom. The lowest BCUT2D eigenvalue weighted by atomic mass is 10.0. The van der Waals surface area contributed by atoms with Gasteiger partial charge < -0.3 is 19.5 Å². The first-order valence-electron chi connectivity index (χ1n) is 7.38. The Balaban J connectivity index is 0.00000176. The van der Waals surface area contributed by atoms with Crippen molar-refractivity contribution < 1.29 is 19.0 Å². The second kappa shape index (κ2) is 7.20. The topological polar surface area (TPSA) is 56.8 Å². The van der Waals surface area contributed by atoms with E-state index in [2.05, 4.69) is 5.32 Å². The third-order valence-electron chi connectivity index (χ3n) is 4.32. The van der Waals surface area contributed by atoms with E-state index in [-0.39, 0.29) is 24.5 Å². The van der Waals surface area contributed by atoms with Gasteiger partial charge in [0.2, 0.25) is 0 Å². The third-order valence-corrected chi connectivity index (χ3v) is 4.32. The molecule has 5 nitrogen and oxygen atoms in total. The summed E-state index contributed by atoms with van der Waals surface area (Å²) in [6, 6.07) is 6.11. The van der Waals surface area contributed by atoms with E-state index in [0.717, 1.165) is 12.8 Å². The standard InChI is InChI=1S/C16H21NO4.ClH/c1-19-14-6-3-10(7-15(14)20-2)16(18)21-13-8-11-4-5-12(9-13)17-11;/h3,6-7,11-13,17H,4-5,8-9H2,1-2H3;1H/t11-,12+,13?;. The van der Waals surface area contributed by atoms with Gasteiger partial charge in [-0.05, 0) is 43.9 Å². The zero-order valence-corrected chi connectivity index (χ0v) is 13.7. The van der Waals surface area contributed by atoms with E-state index in [1.807, 2.05) is 0 Å². The minimum absolute atomic E-state index is 0. The Kier molecular flexibility index (Phi) is 5.53. The van der Waals surface area contributed by atoms with Gasteiger partial charge in [-0.25, -0.2) is 4.79 Å². The van der Waals surface area contributed by atoms with Crippen molar-refractivity contribution in [2.75, 3.05) is 14.2 Å². The Morgan fingerprint density at radius 3 is 2.32 bits per heavy atom. The highest BCUT2D eigenvalue weighted by atomic mass is 35.5. The molecular weight excluding hydrogens is 306 g/mol. The van der Waals surface area contributed by atoms with Crippen LogP contribution in [0.15, 0.2) is 18.2 Å². The van der Waals surface area contributed by atoms with E-state index >= 15 is 0 Å². The predicted molar refractivity (Wildman–Crippen MR) is 85.2 cm³/mol. The molecule has 0 aliphatic carbocycles. The number of benzene rings is 1. The summed E-state index contributed by atoms with van der Waals surface area (Å²) in [6.07, 6.45) is 4.22. The number of carbonyl (C=O) groups excluding carboxylic acids is 1. The summed E-state index contributed by atoms with van der Waals surface area (Å²) >= 11 is 0. The molecule has 1 unspecified atom stereocenters. The molecule has 0 radical (unpaired) electrons. The van der Waals surface area contributed by atoms with E-state index in [1.54, 1.807) is 32.4 Å². The van der Waals surface area contributed by atoms with Gasteiger partial charge in [0.25, 0.3) is 0 Å². The van der Waals surface area contributed by atoms with Gasteiger partial charge in [0, 0.05) is 12.1 Å². The lowest BCUT2D eigenvalue weighted by molar-refractivity contribution is 0.0177. The molecule has 22 heavy (non-hydrogen) atoms. The van der Waals surface area contributed by atoms with Crippen LogP contribution < -0.4 is 14.8 Å². The first kappa shape index (κ1) is 16.9. The van der Waals surface area contributed by atoms with Crippen LogP contribution in [0.3, 0.4) is 0 Å². The van der Waals surface area contributed by atoms with Crippen molar-refractivity contribution in [2.45, 2.75) is 43.9 Å². The molecule has 1 aromatic carbocycles. The molecule has 0 saturated carbocycles. The smallest absolute Gasteiger partial charge is 0.338 e. The van der Waals surface area contributed by atoms with Crippen molar-refractivity contribution in [1.82, 2.24) is 5.32 Å². The van der Waals surface area contributed by atoms with Crippen molar-refractivity contribution >= 4 is 18.4 Å².